The molecule has 0 unspecified atom stereocenters. The van der Waals surface area contributed by atoms with Crippen LogP contribution in [0.2, 0.25) is 0 Å². The van der Waals surface area contributed by atoms with Gasteiger partial charge in [-0.1, -0.05) is 13.8 Å². The predicted octanol–water partition coefficient (Wildman–Crippen LogP) is 3.04. The number of hydrogen-bond acceptors (Lipinski definition) is 4. The molecule has 0 atom stereocenters. The lowest BCUT2D eigenvalue weighted by molar-refractivity contribution is -0.137. The van der Waals surface area contributed by atoms with Crippen LogP contribution in [0.5, 0.6) is 0 Å². The van der Waals surface area contributed by atoms with Gasteiger partial charge in [0.25, 0.3) is 5.56 Å². The second-order valence-electron chi connectivity index (χ2n) is 4.18. The summed E-state index contributed by atoms with van der Waals surface area (Å²) in [5.74, 6) is -0.149. The highest BCUT2D eigenvalue weighted by Gasteiger charge is 2.35. The van der Waals surface area contributed by atoms with Gasteiger partial charge in [-0.15, -0.1) is 11.3 Å². The Kier molecular flexibility index (Phi) is 3.44. The number of alkyl halides is 3. The third kappa shape index (κ3) is 2.67. The van der Waals surface area contributed by atoms with Crippen LogP contribution < -0.4 is 5.56 Å². The quantitative estimate of drug-likeness (QED) is 0.924. The van der Waals surface area contributed by atoms with Crippen molar-refractivity contribution >= 4 is 11.3 Å². The molecule has 2 rings (SSSR count). The van der Waals surface area contributed by atoms with E-state index in [0.29, 0.717) is 16.9 Å². The van der Waals surface area contributed by atoms with Crippen molar-refractivity contribution in [3.8, 4) is 10.6 Å². The van der Waals surface area contributed by atoms with E-state index in [1.807, 2.05) is 0 Å². The summed E-state index contributed by atoms with van der Waals surface area (Å²) < 4.78 is 37.5. The van der Waals surface area contributed by atoms with Crippen molar-refractivity contribution in [3.63, 3.8) is 0 Å². The summed E-state index contributed by atoms with van der Waals surface area (Å²) in [6, 6.07) is 0. The molecule has 0 aliphatic rings. The number of thiazole rings is 1. The summed E-state index contributed by atoms with van der Waals surface area (Å²) in [5.41, 5.74) is 0.272. The zero-order chi connectivity index (χ0) is 14.2. The van der Waals surface area contributed by atoms with Gasteiger partial charge in [0.2, 0.25) is 0 Å². The van der Waals surface area contributed by atoms with Crippen LogP contribution >= 0.6 is 11.3 Å². The molecule has 0 saturated heterocycles. The van der Waals surface area contributed by atoms with Crippen LogP contribution in [-0.4, -0.2) is 15.0 Å². The van der Waals surface area contributed by atoms with Crippen molar-refractivity contribution in [2.75, 3.05) is 0 Å². The summed E-state index contributed by atoms with van der Waals surface area (Å²) in [6.45, 7) is 3.56. The topological polar surface area (TPSA) is 58.6 Å². The monoisotopic (exact) mass is 289 g/mol. The Labute approximate surface area is 110 Å². The molecule has 2 heterocycles. The van der Waals surface area contributed by atoms with Crippen molar-refractivity contribution in [2.24, 2.45) is 0 Å². The molecule has 19 heavy (non-hydrogen) atoms. The molecule has 0 bridgehead atoms. The highest BCUT2D eigenvalue weighted by molar-refractivity contribution is 7.15. The fourth-order valence-electron chi connectivity index (χ4n) is 1.66. The summed E-state index contributed by atoms with van der Waals surface area (Å²) in [5, 5.41) is -0.945. The molecule has 0 fully saturated rings. The van der Waals surface area contributed by atoms with Crippen LogP contribution in [0.1, 0.15) is 30.3 Å². The molecule has 2 aromatic rings. The van der Waals surface area contributed by atoms with E-state index >= 15 is 0 Å². The number of hydrogen-bond donors (Lipinski definition) is 1. The molecule has 0 saturated carbocycles. The summed E-state index contributed by atoms with van der Waals surface area (Å²) in [7, 11) is 0. The Hall–Kier alpha value is -1.70. The molecule has 4 nitrogen and oxygen atoms in total. The maximum absolute atomic E-state index is 12.5. The number of rotatable bonds is 2. The van der Waals surface area contributed by atoms with Gasteiger partial charge >= 0.3 is 6.18 Å². The van der Waals surface area contributed by atoms with Crippen molar-refractivity contribution in [3.05, 3.63) is 33.4 Å². The van der Waals surface area contributed by atoms with Gasteiger partial charge in [0.05, 0.1) is 16.9 Å². The number of aromatic amines is 1. The number of nitrogens with one attached hydrogen (secondary N) is 1. The van der Waals surface area contributed by atoms with Crippen molar-refractivity contribution in [1.29, 1.82) is 0 Å². The maximum atomic E-state index is 12.5. The molecular formula is C11H10F3N3OS. The van der Waals surface area contributed by atoms with Gasteiger partial charge in [-0.25, -0.2) is 9.97 Å². The number of halogens is 3. The van der Waals surface area contributed by atoms with Crippen LogP contribution in [0.25, 0.3) is 10.6 Å². The molecule has 8 heteroatoms. The standard InChI is InChI=1S/C11H10F3N3OS/c1-5(2)7-8(16-4-17-9(7)18)6-3-15-10(19-6)11(12,13)14/h3-5H,1-2H3,(H,16,17,18). The second kappa shape index (κ2) is 4.76. The first-order valence-corrected chi connectivity index (χ1v) is 6.23. The largest absolute Gasteiger partial charge is 0.443 e. The van der Waals surface area contributed by atoms with Crippen LogP contribution in [0.15, 0.2) is 17.3 Å². The lowest BCUT2D eigenvalue weighted by Gasteiger charge is -2.07. The van der Waals surface area contributed by atoms with Crippen molar-refractivity contribution in [2.45, 2.75) is 25.9 Å². The molecule has 2 aromatic heterocycles. The molecule has 0 aliphatic carbocycles. The van der Waals surface area contributed by atoms with E-state index in [9.17, 15) is 18.0 Å². The lowest BCUT2D eigenvalue weighted by atomic mass is 10.0. The van der Waals surface area contributed by atoms with Gasteiger partial charge in [0, 0.05) is 11.8 Å². The summed E-state index contributed by atoms with van der Waals surface area (Å²) in [6.07, 6.45) is -2.21. The third-order valence-corrected chi connectivity index (χ3v) is 3.50. The summed E-state index contributed by atoms with van der Waals surface area (Å²) in [4.78, 5) is 21.7. The first-order valence-electron chi connectivity index (χ1n) is 5.41. The summed E-state index contributed by atoms with van der Waals surface area (Å²) >= 11 is 0.482. The van der Waals surface area contributed by atoms with Gasteiger partial charge < -0.3 is 4.98 Å². The number of nitrogens with zero attached hydrogens (tertiary/aromatic N) is 2. The predicted molar refractivity (Wildman–Crippen MR) is 65.1 cm³/mol. The minimum atomic E-state index is -4.48. The van der Waals surface area contributed by atoms with Crippen molar-refractivity contribution < 1.29 is 13.2 Å². The van der Waals surface area contributed by atoms with Gasteiger partial charge in [0.1, 0.15) is 0 Å². The van der Waals surface area contributed by atoms with Crippen LogP contribution in [0, 0.1) is 0 Å². The molecular weight excluding hydrogens is 279 g/mol. The molecule has 0 aromatic carbocycles. The molecule has 0 amide bonds. The van der Waals surface area contributed by atoms with E-state index in [-0.39, 0.29) is 22.0 Å². The molecule has 0 aliphatic heterocycles. The van der Waals surface area contributed by atoms with E-state index in [1.165, 1.54) is 6.33 Å². The van der Waals surface area contributed by atoms with E-state index in [1.54, 1.807) is 13.8 Å². The third-order valence-electron chi connectivity index (χ3n) is 2.45. The zero-order valence-corrected chi connectivity index (χ0v) is 10.9. The van der Waals surface area contributed by atoms with Crippen LogP contribution in [0.3, 0.4) is 0 Å². The van der Waals surface area contributed by atoms with Gasteiger partial charge in [-0.2, -0.15) is 13.2 Å². The number of H-pyrrole nitrogens is 1. The zero-order valence-electron chi connectivity index (χ0n) is 10.1. The van der Waals surface area contributed by atoms with E-state index in [0.717, 1.165) is 6.20 Å². The minimum Gasteiger partial charge on any atom is -0.313 e. The molecule has 0 radical (unpaired) electrons. The Morgan fingerprint density at radius 3 is 2.53 bits per heavy atom. The Morgan fingerprint density at radius 2 is 2.00 bits per heavy atom. The van der Waals surface area contributed by atoms with Gasteiger partial charge in [-0.3, -0.25) is 4.79 Å². The first-order chi connectivity index (χ1) is 8.80. The van der Waals surface area contributed by atoms with Gasteiger partial charge in [0.15, 0.2) is 5.01 Å². The first kappa shape index (κ1) is 13.7. The van der Waals surface area contributed by atoms with Crippen LogP contribution in [-0.2, 0) is 6.18 Å². The smallest absolute Gasteiger partial charge is 0.313 e. The van der Waals surface area contributed by atoms with Gasteiger partial charge in [-0.05, 0) is 5.92 Å². The van der Waals surface area contributed by atoms with E-state index in [2.05, 4.69) is 15.0 Å². The van der Waals surface area contributed by atoms with Crippen LogP contribution in [0.4, 0.5) is 13.2 Å². The second-order valence-corrected chi connectivity index (χ2v) is 5.21. The molecule has 102 valence electrons. The average Bonchev–Trinajstić information content (AvgIpc) is 2.76. The fraction of sp³-hybridized carbons (Fsp3) is 0.364. The minimum absolute atomic E-state index is 0.149. The normalized spacial score (nSPS) is 12.1. The fourth-order valence-corrected chi connectivity index (χ4v) is 2.45. The lowest BCUT2D eigenvalue weighted by Crippen LogP contribution is -2.15. The maximum Gasteiger partial charge on any atom is 0.443 e. The molecule has 0 spiro atoms. The van der Waals surface area contributed by atoms with Crippen molar-refractivity contribution in [1.82, 2.24) is 15.0 Å². The molecule has 1 N–H and O–H groups in total. The average molecular weight is 289 g/mol. The van der Waals surface area contributed by atoms with E-state index in [4.69, 9.17) is 0 Å². The Bertz CT molecular complexity index is 645. The Balaban J connectivity index is 2.57. The Morgan fingerprint density at radius 1 is 1.32 bits per heavy atom. The SMILES string of the molecule is CC(C)c1c(-c2cnc(C(F)(F)F)s2)nc[nH]c1=O. The highest BCUT2D eigenvalue weighted by Crippen LogP contribution is 2.36. The van der Waals surface area contributed by atoms with E-state index < -0.39 is 11.2 Å². The number of aromatic nitrogens is 3. The highest BCUT2D eigenvalue weighted by atomic mass is 32.1.